The maximum Gasteiger partial charge on any atom is 0.224 e. The summed E-state index contributed by atoms with van der Waals surface area (Å²) >= 11 is 0. The first-order valence-electron chi connectivity index (χ1n) is 10.5. The van der Waals surface area contributed by atoms with Crippen LogP contribution in [0.25, 0.3) is 0 Å². The van der Waals surface area contributed by atoms with Gasteiger partial charge in [0.15, 0.2) is 5.96 Å². The fraction of sp³-hybridized carbons (Fsp3) is 0.417. The van der Waals surface area contributed by atoms with Crippen LogP contribution < -0.4 is 20.7 Å². The van der Waals surface area contributed by atoms with Crippen molar-refractivity contribution in [3.05, 3.63) is 59.7 Å². The van der Waals surface area contributed by atoms with Crippen LogP contribution in [0.2, 0.25) is 0 Å². The van der Waals surface area contributed by atoms with Crippen molar-refractivity contribution >= 4 is 41.5 Å². The Labute approximate surface area is 202 Å². The molecule has 0 aliphatic carbocycles. The van der Waals surface area contributed by atoms with E-state index in [0.29, 0.717) is 13.0 Å². The number of hydrogen-bond acceptors (Lipinski definition) is 3. The molecule has 0 radical (unpaired) electrons. The molecular formula is C24H33IN4O2. The zero-order valence-electron chi connectivity index (χ0n) is 18.7. The molecule has 0 bridgehead atoms. The summed E-state index contributed by atoms with van der Waals surface area (Å²) in [6.07, 6.45) is 2.23. The molecular weight excluding hydrogens is 503 g/mol. The molecule has 31 heavy (non-hydrogen) atoms. The second-order valence-corrected chi connectivity index (χ2v) is 8.22. The van der Waals surface area contributed by atoms with E-state index in [0.717, 1.165) is 41.4 Å². The number of carbonyl (C=O) groups excluding carboxylic acids is 1. The van der Waals surface area contributed by atoms with Gasteiger partial charge in [-0.1, -0.05) is 37.3 Å². The van der Waals surface area contributed by atoms with Gasteiger partial charge in [0.1, 0.15) is 11.4 Å². The fourth-order valence-corrected chi connectivity index (χ4v) is 3.63. The summed E-state index contributed by atoms with van der Waals surface area (Å²) in [4.78, 5) is 16.1. The summed E-state index contributed by atoms with van der Waals surface area (Å²) in [5, 5.41) is 9.83. The number of rotatable bonds is 6. The van der Waals surface area contributed by atoms with Crippen molar-refractivity contribution in [1.82, 2.24) is 10.6 Å². The van der Waals surface area contributed by atoms with E-state index in [-0.39, 0.29) is 41.5 Å². The number of nitrogens with one attached hydrogen (secondary N) is 3. The number of nitrogens with zero attached hydrogens (tertiary/aromatic N) is 1. The van der Waals surface area contributed by atoms with Crippen molar-refractivity contribution in [1.29, 1.82) is 0 Å². The van der Waals surface area contributed by atoms with Gasteiger partial charge in [-0.05, 0) is 44.0 Å². The maximum absolute atomic E-state index is 11.7. The predicted molar refractivity (Wildman–Crippen MR) is 137 cm³/mol. The molecule has 3 rings (SSSR count). The topological polar surface area (TPSA) is 74.8 Å². The highest BCUT2D eigenvalue weighted by Crippen LogP contribution is 2.39. The van der Waals surface area contributed by atoms with Gasteiger partial charge in [-0.3, -0.25) is 9.79 Å². The lowest BCUT2D eigenvalue weighted by Crippen LogP contribution is -2.45. The molecule has 6 nitrogen and oxygen atoms in total. The van der Waals surface area contributed by atoms with E-state index in [1.807, 2.05) is 49.4 Å². The van der Waals surface area contributed by atoms with Crippen molar-refractivity contribution in [3.8, 4) is 5.75 Å². The van der Waals surface area contributed by atoms with Crippen LogP contribution in [-0.2, 0) is 11.3 Å². The van der Waals surface area contributed by atoms with Crippen molar-refractivity contribution in [3.63, 3.8) is 0 Å². The molecule has 7 heteroatoms. The number of halogens is 1. The number of para-hydroxylation sites is 1. The van der Waals surface area contributed by atoms with Gasteiger partial charge in [0, 0.05) is 37.7 Å². The molecule has 0 aromatic heterocycles. The molecule has 1 unspecified atom stereocenters. The van der Waals surface area contributed by atoms with Crippen LogP contribution in [0.15, 0.2) is 53.5 Å². The van der Waals surface area contributed by atoms with Gasteiger partial charge in [-0.2, -0.15) is 0 Å². The van der Waals surface area contributed by atoms with E-state index in [1.165, 1.54) is 0 Å². The van der Waals surface area contributed by atoms with Crippen LogP contribution in [0, 0.1) is 0 Å². The predicted octanol–water partition coefficient (Wildman–Crippen LogP) is 5.01. The average molecular weight is 536 g/mol. The standard InChI is InChI=1S/C24H32N4O2.HI/c1-5-8-22(29)27-18-13-11-17(12-14-18)16-26-23(25-4)28-20-15-24(2,3)30-21-10-7-6-9-19(20)21;/h6-7,9-14,20H,5,8,15-16H2,1-4H3,(H,27,29)(H2,25,26,28);1H. The van der Waals surface area contributed by atoms with Crippen molar-refractivity contribution in [2.45, 2.75) is 58.2 Å². The molecule has 1 aliphatic heterocycles. The van der Waals surface area contributed by atoms with Crippen LogP contribution in [-0.4, -0.2) is 24.5 Å². The molecule has 0 spiro atoms. The van der Waals surface area contributed by atoms with Gasteiger partial charge in [0.05, 0.1) is 6.04 Å². The highest BCUT2D eigenvalue weighted by Gasteiger charge is 2.33. The number of amides is 1. The molecule has 3 N–H and O–H groups in total. The molecule has 168 valence electrons. The number of aliphatic imine (C=N–C) groups is 1. The van der Waals surface area contributed by atoms with E-state index in [9.17, 15) is 4.79 Å². The minimum Gasteiger partial charge on any atom is -0.487 e. The third kappa shape index (κ3) is 7.12. The van der Waals surface area contributed by atoms with Crippen LogP contribution in [0.5, 0.6) is 5.75 Å². The van der Waals surface area contributed by atoms with Crippen molar-refractivity contribution in [2.24, 2.45) is 4.99 Å². The minimum atomic E-state index is -0.247. The quantitative estimate of drug-likeness (QED) is 0.276. The van der Waals surface area contributed by atoms with Gasteiger partial charge in [-0.25, -0.2) is 0 Å². The largest absolute Gasteiger partial charge is 0.487 e. The zero-order chi connectivity index (χ0) is 21.6. The smallest absolute Gasteiger partial charge is 0.224 e. The molecule has 0 saturated heterocycles. The SMILES string of the molecule is CCCC(=O)Nc1ccc(CNC(=NC)NC2CC(C)(C)Oc3ccccc32)cc1.I. The number of fused-ring (bicyclic) bond motifs is 1. The van der Waals surface area contributed by atoms with E-state index in [1.54, 1.807) is 7.05 Å². The Hall–Kier alpha value is -2.29. The molecule has 2 aromatic rings. The van der Waals surface area contributed by atoms with Crippen LogP contribution in [0.3, 0.4) is 0 Å². The summed E-state index contributed by atoms with van der Waals surface area (Å²) in [6, 6.07) is 16.1. The number of ether oxygens (including phenoxy) is 1. The van der Waals surface area contributed by atoms with E-state index < -0.39 is 0 Å². The summed E-state index contributed by atoms with van der Waals surface area (Å²) in [6.45, 7) is 6.84. The number of benzene rings is 2. The number of anilines is 1. The lowest BCUT2D eigenvalue weighted by molar-refractivity contribution is -0.116. The van der Waals surface area contributed by atoms with Gasteiger partial charge in [0.25, 0.3) is 0 Å². The van der Waals surface area contributed by atoms with Crippen LogP contribution >= 0.6 is 24.0 Å². The first-order valence-corrected chi connectivity index (χ1v) is 10.5. The highest BCUT2D eigenvalue weighted by atomic mass is 127. The second-order valence-electron chi connectivity index (χ2n) is 8.22. The molecule has 1 aliphatic rings. The molecule has 1 amide bonds. The summed E-state index contributed by atoms with van der Waals surface area (Å²) in [5.41, 5.74) is 2.83. The normalized spacial score (nSPS) is 16.9. The third-order valence-corrected chi connectivity index (χ3v) is 5.09. The summed E-state index contributed by atoms with van der Waals surface area (Å²) < 4.78 is 6.12. The molecule has 0 fully saturated rings. The van der Waals surface area contributed by atoms with Gasteiger partial charge in [-0.15, -0.1) is 24.0 Å². The minimum absolute atomic E-state index is 0. The Balaban J connectivity index is 0.00000341. The fourth-order valence-electron chi connectivity index (χ4n) is 3.63. The van der Waals surface area contributed by atoms with E-state index in [4.69, 9.17) is 4.74 Å². The van der Waals surface area contributed by atoms with Crippen LogP contribution in [0.1, 0.15) is 57.2 Å². The van der Waals surface area contributed by atoms with Gasteiger partial charge >= 0.3 is 0 Å². The molecule has 1 heterocycles. The molecule has 2 aromatic carbocycles. The summed E-state index contributed by atoms with van der Waals surface area (Å²) in [7, 11) is 1.78. The van der Waals surface area contributed by atoms with E-state index in [2.05, 4.69) is 40.9 Å². The Morgan fingerprint density at radius 3 is 2.55 bits per heavy atom. The lowest BCUT2D eigenvalue weighted by Gasteiger charge is -2.38. The summed E-state index contributed by atoms with van der Waals surface area (Å²) in [5.74, 6) is 1.71. The Bertz CT molecular complexity index is 897. The first-order chi connectivity index (χ1) is 14.4. The second kappa shape index (κ2) is 11.4. The van der Waals surface area contributed by atoms with Crippen LogP contribution in [0.4, 0.5) is 5.69 Å². The van der Waals surface area contributed by atoms with Crippen molar-refractivity contribution < 1.29 is 9.53 Å². The van der Waals surface area contributed by atoms with Gasteiger partial charge < -0.3 is 20.7 Å². The lowest BCUT2D eigenvalue weighted by atomic mass is 9.90. The zero-order valence-corrected chi connectivity index (χ0v) is 21.0. The number of carbonyl (C=O) groups is 1. The number of hydrogen-bond donors (Lipinski definition) is 3. The average Bonchev–Trinajstić information content (AvgIpc) is 2.71. The Morgan fingerprint density at radius 2 is 1.87 bits per heavy atom. The monoisotopic (exact) mass is 536 g/mol. The third-order valence-electron chi connectivity index (χ3n) is 5.09. The Kier molecular flexibility index (Phi) is 9.15. The molecule has 1 atom stereocenters. The molecule has 0 saturated carbocycles. The number of guanidine groups is 1. The maximum atomic E-state index is 11.7. The highest BCUT2D eigenvalue weighted by molar-refractivity contribution is 14.0. The first kappa shape index (κ1) is 25.0. The van der Waals surface area contributed by atoms with Crippen molar-refractivity contribution in [2.75, 3.05) is 12.4 Å². The van der Waals surface area contributed by atoms with E-state index >= 15 is 0 Å². The van der Waals surface area contributed by atoms with Gasteiger partial charge in [0.2, 0.25) is 5.91 Å². The Morgan fingerprint density at radius 1 is 1.16 bits per heavy atom.